The second kappa shape index (κ2) is 6.74. The first-order valence-electron chi connectivity index (χ1n) is 5.82. The topological polar surface area (TPSA) is 65.5 Å². The van der Waals surface area contributed by atoms with Crippen LogP contribution in [-0.2, 0) is 27.2 Å². The van der Waals surface area contributed by atoms with E-state index in [-0.39, 0.29) is 12.6 Å². The van der Waals surface area contributed by atoms with Crippen LogP contribution >= 0.6 is 0 Å². The zero-order valence-corrected chi connectivity index (χ0v) is 10.9. The number of ether oxygens (including phenoxy) is 2. The molecule has 1 heterocycles. The van der Waals surface area contributed by atoms with Crippen LogP contribution in [0.3, 0.4) is 0 Å². The van der Waals surface area contributed by atoms with Gasteiger partial charge in [0.05, 0.1) is 12.3 Å². The molecule has 0 aliphatic heterocycles. The normalized spacial score (nSPS) is 9.94. The summed E-state index contributed by atoms with van der Waals surface area (Å²) in [4.78, 5) is 25.9. The lowest BCUT2D eigenvalue weighted by atomic mass is 10.2. The Bertz CT molecular complexity index is 443. The van der Waals surface area contributed by atoms with E-state index in [1.807, 2.05) is 6.92 Å². The molecule has 0 bridgehead atoms. The molecule has 0 N–H and O–H groups in total. The SMILES string of the molecule is CCc1cnc(CCOC(C)=O)c(OC(C)=O)c1. The van der Waals surface area contributed by atoms with Gasteiger partial charge in [0.1, 0.15) is 0 Å². The van der Waals surface area contributed by atoms with Crippen molar-refractivity contribution < 1.29 is 19.1 Å². The van der Waals surface area contributed by atoms with Gasteiger partial charge in [-0.25, -0.2) is 0 Å². The molecule has 0 unspecified atom stereocenters. The molecule has 0 radical (unpaired) electrons. The van der Waals surface area contributed by atoms with Gasteiger partial charge in [-0.05, 0) is 18.1 Å². The van der Waals surface area contributed by atoms with Crippen LogP contribution in [0, 0.1) is 0 Å². The van der Waals surface area contributed by atoms with Crippen molar-refractivity contribution in [1.82, 2.24) is 4.98 Å². The van der Waals surface area contributed by atoms with Crippen LogP contribution in [0.2, 0.25) is 0 Å². The first kappa shape index (κ1) is 14.2. The van der Waals surface area contributed by atoms with Gasteiger partial charge < -0.3 is 9.47 Å². The summed E-state index contributed by atoms with van der Waals surface area (Å²) in [6, 6.07) is 1.79. The van der Waals surface area contributed by atoms with E-state index in [4.69, 9.17) is 9.47 Å². The average Bonchev–Trinajstić information content (AvgIpc) is 2.29. The molecule has 0 atom stereocenters. The van der Waals surface area contributed by atoms with Crippen molar-refractivity contribution >= 4 is 11.9 Å². The number of nitrogens with zero attached hydrogens (tertiary/aromatic N) is 1. The highest BCUT2D eigenvalue weighted by molar-refractivity contribution is 5.69. The fraction of sp³-hybridized carbons (Fsp3) is 0.462. The van der Waals surface area contributed by atoms with E-state index in [1.165, 1.54) is 13.8 Å². The van der Waals surface area contributed by atoms with Crippen molar-refractivity contribution in [2.75, 3.05) is 6.61 Å². The summed E-state index contributed by atoms with van der Waals surface area (Å²) in [5.74, 6) is -0.290. The summed E-state index contributed by atoms with van der Waals surface area (Å²) < 4.78 is 9.95. The van der Waals surface area contributed by atoms with E-state index >= 15 is 0 Å². The average molecular weight is 251 g/mol. The number of rotatable bonds is 5. The molecule has 1 aromatic rings. The molecule has 0 saturated carbocycles. The maximum atomic E-state index is 11.0. The van der Waals surface area contributed by atoms with Gasteiger partial charge >= 0.3 is 11.9 Å². The molecule has 0 aliphatic carbocycles. The zero-order chi connectivity index (χ0) is 13.5. The second-order valence-electron chi connectivity index (χ2n) is 3.83. The van der Waals surface area contributed by atoms with Gasteiger partial charge in [0, 0.05) is 26.5 Å². The molecule has 0 saturated heterocycles. The maximum absolute atomic E-state index is 11.0. The van der Waals surface area contributed by atoms with Crippen molar-refractivity contribution in [2.45, 2.75) is 33.6 Å². The van der Waals surface area contributed by atoms with Crippen LogP contribution in [-0.4, -0.2) is 23.5 Å². The van der Waals surface area contributed by atoms with Crippen molar-refractivity contribution in [3.8, 4) is 5.75 Å². The fourth-order valence-electron chi connectivity index (χ4n) is 1.43. The Morgan fingerprint density at radius 3 is 2.56 bits per heavy atom. The van der Waals surface area contributed by atoms with Gasteiger partial charge in [0.25, 0.3) is 0 Å². The fourth-order valence-corrected chi connectivity index (χ4v) is 1.43. The van der Waals surface area contributed by atoms with Gasteiger partial charge in [-0.1, -0.05) is 6.92 Å². The van der Waals surface area contributed by atoms with Crippen LogP contribution in [0.5, 0.6) is 5.75 Å². The lowest BCUT2D eigenvalue weighted by molar-refractivity contribution is -0.141. The molecule has 18 heavy (non-hydrogen) atoms. The Kier molecular flexibility index (Phi) is 5.30. The third kappa shape index (κ3) is 4.53. The number of esters is 2. The summed E-state index contributed by atoms with van der Waals surface area (Å²) in [5.41, 5.74) is 1.60. The van der Waals surface area contributed by atoms with Crippen LogP contribution in [0.4, 0.5) is 0 Å². The largest absolute Gasteiger partial charge is 0.465 e. The minimum atomic E-state index is -0.390. The third-order valence-electron chi connectivity index (χ3n) is 2.29. The van der Waals surface area contributed by atoms with Gasteiger partial charge in [-0.3, -0.25) is 14.6 Å². The summed E-state index contributed by atoms with van der Waals surface area (Å²) in [7, 11) is 0. The molecule has 1 rings (SSSR count). The number of carbonyl (C=O) groups is 2. The predicted molar refractivity (Wildman–Crippen MR) is 65.3 cm³/mol. The highest BCUT2D eigenvalue weighted by atomic mass is 16.5. The van der Waals surface area contributed by atoms with E-state index in [9.17, 15) is 9.59 Å². The molecule has 5 nitrogen and oxygen atoms in total. The lowest BCUT2D eigenvalue weighted by Crippen LogP contribution is -2.09. The van der Waals surface area contributed by atoms with Crippen LogP contribution in [0.15, 0.2) is 12.3 Å². The summed E-state index contributed by atoms with van der Waals surface area (Å²) in [6.07, 6.45) is 2.97. The lowest BCUT2D eigenvalue weighted by Gasteiger charge is -2.09. The monoisotopic (exact) mass is 251 g/mol. The van der Waals surface area contributed by atoms with Gasteiger partial charge in [-0.15, -0.1) is 0 Å². The molecular formula is C13H17NO4. The van der Waals surface area contributed by atoms with Gasteiger partial charge in [0.2, 0.25) is 0 Å². The Morgan fingerprint density at radius 1 is 1.28 bits per heavy atom. The smallest absolute Gasteiger partial charge is 0.308 e. The van der Waals surface area contributed by atoms with Crippen molar-refractivity contribution in [3.63, 3.8) is 0 Å². The number of pyridine rings is 1. The Balaban J connectivity index is 2.80. The highest BCUT2D eigenvalue weighted by Crippen LogP contribution is 2.19. The molecule has 0 spiro atoms. The standard InChI is InChI=1S/C13H17NO4/c1-4-11-7-13(18-10(3)16)12(14-8-11)5-6-17-9(2)15/h7-8H,4-6H2,1-3H3. The molecule has 0 aliphatic rings. The zero-order valence-electron chi connectivity index (χ0n) is 10.9. The molecular weight excluding hydrogens is 234 g/mol. The molecule has 1 aromatic heterocycles. The number of hydrogen-bond donors (Lipinski definition) is 0. The third-order valence-corrected chi connectivity index (χ3v) is 2.29. The summed E-state index contributed by atoms with van der Waals surface area (Å²) in [5, 5.41) is 0. The predicted octanol–water partition coefficient (Wildman–Crippen LogP) is 1.67. The van der Waals surface area contributed by atoms with Crippen molar-refractivity contribution in [3.05, 3.63) is 23.5 Å². The number of aryl methyl sites for hydroxylation is 1. The molecule has 0 aromatic carbocycles. The number of carbonyl (C=O) groups excluding carboxylic acids is 2. The first-order chi connectivity index (χ1) is 8.52. The van der Waals surface area contributed by atoms with E-state index < -0.39 is 5.97 Å². The second-order valence-corrected chi connectivity index (χ2v) is 3.83. The number of hydrogen-bond acceptors (Lipinski definition) is 5. The van der Waals surface area contributed by atoms with Crippen LogP contribution < -0.4 is 4.74 Å². The minimum absolute atomic E-state index is 0.224. The van der Waals surface area contributed by atoms with Crippen LogP contribution in [0.25, 0.3) is 0 Å². The summed E-state index contributed by atoms with van der Waals surface area (Å²) in [6.45, 7) is 4.91. The Hall–Kier alpha value is -1.91. The van der Waals surface area contributed by atoms with E-state index in [0.29, 0.717) is 17.9 Å². The van der Waals surface area contributed by atoms with E-state index in [1.54, 1.807) is 12.3 Å². The highest BCUT2D eigenvalue weighted by Gasteiger charge is 2.09. The van der Waals surface area contributed by atoms with Crippen molar-refractivity contribution in [1.29, 1.82) is 0 Å². The van der Waals surface area contributed by atoms with Gasteiger partial charge in [0.15, 0.2) is 5.75 Å². The van der Waals surface area contributed by atoms with Gasteiger partial charge in [-0.2, -0.15) is 0 Å². The van der Waals surface area contributed by atoms with E-state index in [2.05, 4.69) is 4.98 Å². The summed E-state index contributed by atoms with van der Waals surface area (Å²) >= 11 is 0. The molecule has 98 valence electrons. The van der Waals surface area contributed by atoms with E-state index in [0.717, 1.165) is 12.0 Å². The molecule has 5 heteroatoms. The van der Waals surface area contributed by atoms with Crippen molar-refractivity contribution in [2.24, 2.45) is 0 Å². The minimum Gasteiger partial charge on any atom is -0.465 e. The first-order valence-corrected chi connectivity index (χ1v) is 5.82. The Morgan fingerprint density at radius 2 is 2.00 bits per heavy atom. The molecule has 0 fully saturated rings. The quantitative estimate of drug-likeness (QED) is 0.745. The maximum Gasteiger partial charge on any atom is 0.308 e. The number of aromatic nitrogens is 1. The van der Waals surface area contributed by atoms with Crippen LogP contribution in [0.1, 0.15) is 32.0 Å². The Labute approximate surface area is 106 Å². The molecule has 0 amide bonds.